The normalized spacial score (nSPS) is 18.7. The lowest BCUT2D eigenvalue weighted by molar-refractivity contribution is -0.157. The maximum absolute atomic E-state index is 13.9. The molecule has 5 aromatic rings. The van der Waals surface area contributed by atoms with Crippen LogP contribution in [0.2, 0.25) is 0 Å². The first-order valence-electron chi connectivity index (χ1n) is 23.6. The highest BCUT2D eigenvalue weighted by Crippen LogP contribution is 2.35. The summed E-state index contributed by atoms with van der Waals surface area (Å²) in [6.45, 7) is 9.33. The number of amides is 1. The molecular weight excluding hydrogens is 855 g/mol. The molecule has 2 atom stereocenters. The summed E-state index contributed by atoms with van der Waals surface area (Å²) in [6.07, 6.45) is 5.08. The number of aromatic nitrogens is 2. The molecule has 0 N–H and O–H groups in total. The highest BCUT2D eigenvalue weighted by atomic mass is 16.6. The maximum Gasteiger partial charge on any atom is 0.310 e. The predicted molar refractivity (Wildman–Crippen MR) is 253 cm³/mol. The third kappa shape index (κ3) is 12.3. The molecule has 0 radical (unpaired) electrons. The highest BCUT2D eigenvalue weighted by molar-refractivity contribution is 5.79. The SMILES string of the molecule is CCOc1ccccc1-n1c(CN2CCN(C(=O)COc3ccc(OCCOCCOCN4C5CCCC4CC(OC(=O)Cc4cc(C)ccc4OC)C5)cc3)CC2)nc2ccccc2c1=O. The third-order valence-electron chi connectivity index (χ3n) is 12.8. The van der Waals surface area contributed by atoms with Crippen LogP contribution in [0.3, 0.4) is 0 Å². The van der Waals surface area contributed by atoms with Gasteiger partial charge in [0.1, 0.15) is 41.5 Å². The molecule has 8 rings (SSSR count). The fraction of sp³-hybridized carbons (Fsp3) is 0.462. The van der Waals surface area contributed by atoms with Crippen molar-refractivity contribution in [3.05, 3.63) is 118 Å². The quantitative estimate of drug-likeness (QED) is 0.0596. The van der Waals surface area contributed by atoms with Gasteiger partial charge < -0.3 is 38.1 Å². The van der Waals surface area contributed by atoms with Crippen molar-refractivity contribution in [3.8, 4) is 28.7 Å². The molecule has 1 aromatic heterocycles. The van der Waals surface area contributed by atoms with Gasteiger partial charge in [0, 0.05) is 56.7 Å². The minimum absolute atomic E-state index is 0.0730. The lowest BCUT2D eigenvalue weighted by atomic mass is 9.83. The molecule has 15 heteroatoms. The minimum Gasteiger partial charge on any atom is -0.496 e. The number of ether oxygens (including phenoxy) is 7. The number of carbonyl (C=O) groups is 2. The van der Waals surface area contributed by atoms with Crippen molar-refractivity contribution in [1.29, 1.82) is 0 Å². The van der Waals surface area contributed by atoms with Crippen molar-refractivity contribution >= 4 is 22.8 Å². The molecule has 2 bridgehead atoms. The molecule has 3 aliphatic heterocycles. The number of benzene rings is 4. The van der Waals surface area contributed by atoms with Crippen molar-refractivity contribution in [1.82, 2.24) is 24.3 Å². The molecule has 356 valence electrons. The Kier molecular flexibility index (Phi) is 16.4. The van der Waals surface area contributed by atoms with Crippen LogP contribution >= 0.6 is 0 Å². The summed E-state index contributed by atoms with van der Waals surface area (Å²) < 4.78 is 42.6. The number of nitrogens with zero attached hydrogens (tertiary/aromatic N) is 5. The summed E-state index contributed by atoms with van der Waals surface area (Å²) in [5.41, 5.74) is 3.09. The largest absolute Gasteiger partial charge is 0.496 e. The Morgan fingerprint density at radius 2 is 1.46 bits per heavy atom. The second-order valence-electron chi connectivity index (χ2n) is 17.3. The lowest BCUT2D eigenvalue weighted by Gasteiger charge is -2.48. The molecule has 0 aliphatic carbocycles. The Morgan fingerprint density at radius 1 is 0.761 bits per heavy atom. The summed E-state index contributed by atoms with van der Waals surface area (Å²) in [5.74, 6) is 2.90. The van der Waals surface area contributed by atoms with Crippen LogP contribution in [0.5, 0.6) is 23.0 Å². The summed E-state index contributed by atoms with van der Waals surface area (Å²) in [6, 6.07) is 28.6. The van der Waals surface area contributed by atoms with Gasteiger partial charge in [-0.2, -0.15) is 0 Å². The fourth-order valence-electron chi connectivity index (χ4n) is 9.45. The number of aryl methyl sites for hydroxylation is 1. The number of esters is 1. The van der Waals surface area contributed by atoms with Gasteiger partial charge >= 0.3 is 5.97 Å². The number of hydrogen-bond donors (Lipinski definition) is 0. The van der Waals surface area contributed by atoms with Crippen molar-refractivity contribution in [2.24, 2.45) is 0 Å². The number of rotatable bonds is 21. The summed E-state index contributed by atoms with van der Waals surface area (Å²) >= 11 is 0. The van der Waals surface area contributed by atoms with E-state index in [-0.39, 0.29) is 36.6 Å². The van der Waals surface area contributed by atoms with Crippen LogP contribution < -0.4 is 24.5 Å². The Morgan fingerprint density at radius 3 is 2.22 bits per heavy atom. The number of piperazine rings is 1. The Bertz CT molecular complexity index is 2480. The van der Waals surface area contributed by atoms with E-state index in [1.807, 2.05) is 91.5 Å². The van der Waals surface area contributed by atoms with Gasteiger partial charge in [0.15, 0.2) is 6.61 Å². The average Bonchev–Trinajstić information content (AvgIpc) is 3.33. The zero-order valence-corrected chi connectivity index (χ0v) is 38.9. The first-order valence-corrected chi connectivity index (χ1v) is 23.6. The second kappa shape index (κ2) is 23.1. The van der Waals surface area contributed by atoms with Crippen molar-refractivity contribution in [2.45, 2.75) is 77.1 Å². The van der Waals surface area contributed by atoms with E-state index in [2.05, 4.69) is 9.80 Å². The van der Waals surface area contributed by atoms with Crippen LogP contribution in [0.1, 0.15) is 56.0 Å². The average molecular weight is 918 g/mol. The summed E-state index contributed by atoms with van der Waals surface area (Å²) in [4.78, 5) is 51.4. The van der Waals surface area contributed by atoms with E-state index >= 15 is 0 Å². The Balaban J connectivity index is 0.703. The highest BCUT2D eigenvalue weighted by Gasteiger charge is 2.39. The van der Waals surface area contributed by atoms with E-state index in [1.165, 1.54) is 6.42 Å². The molecule has 3 fully saturated rings. The van der Waals surface area contributed by atoms with Crippen LogP contribution in [-0.4, -0.2) is 134 Å². The third-order valence-corrected chi connectivity index (χ3v) is 12.8. The van der Waals surface area contributed by atoms with Gasteiger partial charge in [0.05, 0.1) is 69.8 Å². The van der Waals surface area contributed by atoms with E-state index in [0.717, 1.165) is 36.8 Å². The van der Waals surface area contributed by atoms with Gasteiger partial charge in [-0.15, -0.1) is 0 Å². The molecule has 0 spiro atoms. The molecule has 2 unspecified atom stereocenters. The first-order chi connectivity index (χ1) is 32.8. The monoisotopic (exact) mass is 917 g/mol. The first kappa shape index (κ1) is 47.5. The van der Waals surface area contributed by atoms with Gasteiger partial charge in [-0.25, -0.2) is 4.98 Å². The van der Waals surface area contributed by atoms with E-state index in [0.29, 0.717) is 130 Å². The predicted octanol–water partition coefficient (Wildman–Crippen LogP) is 6.37. The number of piperidine rings is 2. The molecule has 3 aliphatic rings. The van der Waals surface area contributed by atoms with Crippen LogP contribution in [0.4, 0.5) is 0 Å². The topological polar surface area (TPSA) is 143 Å². The van der Waals surface area contributed by atoms with Gasteiger partial charge in [-0.05, 0) is 81.3 Å². The van der Waals surface area contributed by atoms with E-state index in [1.54, 1.807) is 29.9 Å². The number of methoxy groups -OCH3 is 1. The van der Waals surface area contributed by atoms with Crippen molar-refractivity contribution < 1.29 is 42.7 Å². The molecular formula is C52H63N5O10. The minimum atomic E-state index is -0.208. The smallest absolute Gasteiger partial charge is 0.310 e. The van der Waals surface area contributed by atoms with Gasteiger partial charge in [0.25, 0.3) is 11.5 Å². The van der Waals surface area contributed by atoms with Crippen molar-refractivity contribution in [2.75, 3.05) is 79.7 Å². The molecule has 67 heavy (non-hydrogen) atoms. The van der Waals surface area contributed by atoms with Gasteiger partial charge in [-0.3, -0.25) is 28.8 Å². The molecule has 4 aromatic carbocycles. The summed E-state index contributed by atoms with van der Waals surface area (Å²) in [5, 5.41) is 0.542. The molecule has 1 amide bonds. The number of para-hydroxylation sites is 3. The number of fused-ring (bicyclic) bond motifs is 3. The van der Waals surface area contributed by atoms with Gasteiger partial charge in [-0.1, -0.05) is 48.4 Å². The van der Waals surface area contributed by atoms with Crippen LogP contribution in [0.15, 0.2) is 95.8 Å². The lowest BCUT2D eigenvalue weighted by Crippen LogP contribution is -2.54. The Hall–Kier alpha value is -6.00. The number of hydrogen-bond acceptors (Lipinski definition) is 13. The molecule has 4 heterocycles. The molecule has 3 saturated heterocycles. The van der Waals surface area contributed by atoms with E-state index < -0.39 is 0 Å². The molecule has 0 saturated carbocycles. The van der Waals surface area contributed by atoms with Crippen molar-refractivity contribution in [3.63, 3.8) is 0 Å². The maximum atomic E-state index is 13.9. The number of carbonyl (C=O) groups excluding carboxylic acids is 2. The zero-order valence-electron chi connectivity index (χ0n) is 38.9. The van der Waals surface area contributed by atoms with Gasteiger partial charge in [0.2, 0.25) is 0 Å². The van der Waals surface area contributed by atoms with E-state index in [4.69, 9.17) is 38.1 Å². The van der Waals surface area contributed by atoms with E-state index in [9.17, 15) is 14.4 Å². The summed E-state index contributed by atoms with van der Waals surface area (Å²) in [7, 11) is 1.62. The molecule has 15 nitrogen and oxygen atoms in total. The second-order valence-corrected chi connectivity index (χ2v) is 17.3. The van der Waals surface area contributed by atoms with Crippen LogP contribution in [0.25, 0.3) is 16.6 Å². The standard InChI is InChI=1S/C52H63N5O10/c1-4-64-48-15-8-7-14-46(48)57-49(53-45-13-6-5-12-44(45)52(57)60)34-54-22-24-55(25-23-54)50(58)35-66-42-19-17-41(18-20-42)65-29-28-62-26-27-63-36-56-39-10-9-11-40(56)33-43(32-39)67-51(59)31-38-30-37(2)16-21-47(38)61-3/h5-8,12-21,30,39-40,43H,4,9-11,22-29,31-36H2,1-3H3. The van der Waals surface area contributed by atoms with Crippen LogP contribution in [0, 0.1) is 6.92 Å². The zero-order chi connectivity index (χ0) is 46.5. The van der Waals surface area contributed by atoms with Crippen LogP contribution in [-0.2, 0) is 36.8 Å². The fourth-order valence-corrected chi connectivity index (χ4v) is 9.45. The Labute approximate surface area is 392 Å².